The van der Waals surface area contributed by atoms with Crippen LogP contribution in [0.15, 0.2) is 22.7 Å². The molecule has 1 aliphatic carbocycles. The molecule has 1 aromatic rings. The number of aliphatic carboxylic acids is 1. The molecule has 2 atom stereocenters. The van der Waals surface area contributed by atoms with Gasteiger partial charge in [0.1, 0.15) is 5.78 Å². The highest BCUT2D eigenvalue weighted by Crippen LogP contribution is 2.29. The summed E-state index contributed by atoms with van der Waals surface area (Å²) >= 11 is 3.43. The number of carbonyl (C=O) groups excluding carboxylic acids is 1. The highest BCUT2D eigenvalue weighted by molar-refractivity contribution is 9.10. The number of carbonyl (C=O) groups is 2. The maximum Gasteiger partial charge on any atom is 0.310 e. The van der Waals surface area contributed by atoms with Crippen LogP contribution in [-0.2, 0) is 16.0 Å². The minimum atomic E-state index is -0.834. The first-order chi connectivity index (χ1) is 8.99. The van der Waals surface area contributed by atoms with Crippen molar-refractivity contribution in [2.45, 2.75) is 38.5 Å². The predicted molar refractivity (Wildman–Crippen MR) is 76.2 cm³/mol. The molecule has 2 rings (SSSR count). The fourth-order valence-electron chi connectivity index (χ4n) is 2.57. The number of Topliss-reactive ketones (excluding diaryl/α,β-unsaturated/α-hetero) is 1. The highest BCUT2D eigenvalue weighted by atomic mass is 79.9. The van der Waals surface area contributed by atoms with E-state index >= 15 is 0 Å². The predicted octanol–water partition coefficient (Wildman–Crippen LogP) is 3.55. The van der Waals surface area contributed by atoms with E-state index in [4.69, 9.17) is 5.11 Å². The number of halogens is 1. The van der Waals surface area contributed by atoms with Gasteiger partial charge in [-0.3, -0.25) is 9.59 Å². The molecule has 1 fully saturated rings. The largest absolute Gasteiger partial charge is 0.481 e. The lowest BCUT2D eigenvalue weighted by Crippen LogP contribution is -2.11. The molecule has 0 aromatic heterocycles. The van der Waals surface area contributed by atoms with Crippen LogP contribution in [-0.4, -0.2) is 16.9 Å². The number of benzene rings is 1. The molecule has 0 unspecified atom stereocenters. The average Bonchev–Trinajstić information content (AvgIpc) is 2.74. The minimum absolute atomic E-state index is 0.148. The summed E-state index contributed by atoms with van der Waals surface area (Å²) in [6.07, 6.45) is 3.45. The van der Waals surface area contributed by atoms with E-state index in [1.807, 2.05) is 18.2 Å². The zero-order valence-electron chi connectivity index (χ0n) is 10.9. The van der Waals surface area contributed by atoms with E-state index in [-0.39, 0.29) is 5.92 Å². The van der Waals surface area contributed by atoms with Gasteiger partial charge in [-0.25, -0.2) is 0 Å². The van der Waals surface area contributed by atoms with Crippen LogP contribution in [0.5, 0.6) is 0 Å². The van der Waals surface area contributed by atoms with Crippen LogP contribution in [0, 0.1) is 5.92 Å². The molecule has 0 spiro atoms. The first-order valence-corrected chi connectivity index (χ1v) is 7.32. The van der Waals surface area contributed by atoms with E-state index in [1.165, 1.54) is 0 Å². The van der Waals surface area contributed by atoms with Crippen molar-refractivity contribution in [3.05, 3.63) is 33.8 Å². The Hall–Kier alpha value is -1.16. The van der Waals surface area contributed by atoms with Crippen LogP contribution >= 0.6 is 15.9 Å². The summed E-state index contributed by atoms with van der Waals surface area (Å²) in [5.74, 6) is -0.857. The summed E-state index contributed by atoms with van der Waals surface area (Å²) in [6, 6.07) is 5.73. The molecule has 0 amide bonds. The lowest BCUT2D eigenvalue weighted by atomic mass is 9.94. The Morgan fingerprint density at radius 1 is 1.53 bits per heavy atom. The molecule has 1 N–H and O–H groups in total. The van der Waals surface area contributed by atoms with E-state index in [9.17, 15) is 9.59 Å². The van der Waals surface area contributed by atoms with Crippen molar-refractivity contribution in [2.75, 3.05) is 0 Å². The molecule has 1 saturated carbocycles. The van der Waals surface area contributed by atoms with Gasteiger partial charge in [0, 0.05) is 16.8 Å². The van der Waals surface area contributed by atoms with E-state index in [1.54, 1.807) is 6.92 Å². The van der Waals surface area contributed by atoms with Crippen molar-refractivity contribution in [1.82, 2.24) is 0 Å². The zero-order chi connectivity index (χ0) is 14.0. The van der Waals surface area contributed by atoms with Gasteiger partial charge in [-0.1, -0.05) is 28.1 Å². The number of hydrogen-bond acceptors (Lipinski definition) is 2. The molecule has 0 radical (unpaired) electrons. The van der Waals surface area contributed by atoms with Gasteiger partial charge in [0.2, 0.25) is 0 Å². The fourth-order valence-corrected chi connectivity index (χ4v) is 3.34. The van der Waals surface area contributed by atoms with Crippen LogP contribution in [0.25, 0.3) is 0 Å². The van der Waals surface area contributed by atoms with Gasteiger partial charge in [-0.15, -0.1) is 0 Å². The summed E-state index contributed by atoms with van der Waals surface area (Å²) in [5.41, 5.74) is 1.86. The molecule has 19 heavy (non-hydrogen) atoms. The zero-order valence-corrected chi connectivity index (χ0v) is 12.4. The van der Waals surface area contributed by atoms with Crippen molar-refractivity contribution < 1.29 is 14.7 Å². The fraction of sp³-hybridized carbons (Fsp3) is 0.467. The summed E-state index contributed by atoms with van der Waals surface area (Å²) in [7, 11) is 0. The molecule has 0 aliphatic heterocycles. The normalized spacial score (nSPS) is 20.5. The number of carboxylic acids is 1. The highest BCUT2D eigenvalue weighted by Gasteiger charge is 2.25. The molecule has 1 aliphatic rings. The van der Waals surface area contributed by atoms with E-state index in [2.05, 4.69) is 15.9 Å². The average molecular weight is 325 g/mol. The first-order valence-electron chi connectivity index (χ1n) is 6.53. The van der Waals surface area contributed by atoms with E-state index < -0.39 is 11.9 Å². The molecule has 1 aromatic carbocycles. The second kappa shape index (κ2) is 5.87. The lowest BCUT2D eigenvalue weighted by Gasteiger charge is -2.13. The number of carboxylic acid groups (broad SMARTS) is 1. The molecule has 102 valence electrons. The molecule has 0 bridgehead atoms. The van der Waals surface area contributed by atoms with Gasteiger partial charge in [-0.05, 0) is 43.4 Å². The van der Waals surface area contributed by atoms with Gasteiger partial charge < -0.3 is 5.11 Å². The quantitative estimate of drug-likeness (QED) is 0.921. The van der Waals surface area contributed by atoms with E-state index in [0.717, 1.165) is 34.9 Å². The molecule has 3 nitrogen and oxygen atoms in total. The minimum Gasteiger partial charge on any atom is -0.481 e. The van der Waals surface area contributed by atoms with Gasteiger partial charge >= 0.3 is 5.97 Å². The third-order valence-electron chi connectivity index (χ3n) is 3.82. The molecule has 0 heterocycles. The molecule has 0 saturated heterocycles. The maximum absolute atomic E-state index is 11.6. The van der Waals surface area contributed by atoms with Crippen molar-refractivity contribution >= 4 is 27.7 Å². The Bertz CT molecular complexity index is 510. The Morgan fingerprint density at radius 2 is 2.26 bits per heavy atom. The SMILES string of the molecule is C[C@@H](C(=O)O)c1ccc(C[C@@H]2CCCC2=O)cc1Br. The molecule has 4 heteroatoms. The second-order valence-corrected chi connectivity index (χ2v) is 6.03. The van der Waals surface area contributed by atoms with E-state index in [0.29, 0.717) is 12.2 Å². The Morgan fingerprint density at radius 3 is 2.79 bits per heavy atom. The second-order valence-electron chi connectivity index (χ2n) is 5.18. The Kier molecular flexibility index (Phi) is 4.40. The van der Waals surface area contributed by atoms with Crippen molar-refractivity contribution in [1.29, 1.82) is 0 Å². The van der Waals surface area contributed by atoms with Crippen molar-refractivity contribution in [3.8, 4) is 0 Å². The van der Waals surface area contributed by atoms with Gasteiger partial charge in [0.25, 0.3) is 0 Å². The number of rotatable bonds is 4. The van der Waals surface area contributed by atoms with Crippen LogP contribution in [0.1, 0.15) is 43.2 Å². The van der Waals surface area contributed by atoms with Crippen LogP contribution < -0.4 is 0 Å². The Labute approximate surface area is 121 Å². The summed E-state index contributed by atoms with van der Waals surface area (Å²) in [4.78, 5) is 22.6. The maximum atomic E-state index is 11.6. The van der Waals surface area contributed by atoms with Crippen LogP contribution in [0.4, 0.5) is 0 Å². The number of ketones is 1. The van der Waals surface area contributed by atoms with Crippen molar-refractivity contribution in [2.24, 2.45) is 5.92 Å². The van der Waals surface area contributed by atoms with Crippen LogP contribution in [0.2, 0.25) is 0 Å². The summed E-state index contributed by atoms with van der Waals surface area (Å²) in [6.45, 7) is 1.67. The van der Waals surface area contributed by atoms with Gasteiger partial charge in [-0.2, -0.15) is 0 Å². The van der Waals surface area contributed by atoms with Crippen LogP contribution in [0.3, 0.4) is 0 Å². The van der Waals surface area contributed by atoms with Gasteiger partial charge in [0.05, 0.1) is 5.92 Å². The van der Waals surface area contributed by atoms with Gasteiger partial charge in [0.15, 0.2) is 0 Å². The topological polar surface area (TPSA) is 54.4 Å². The van der Waals surface area contributed by atoms with Crippen molar-refractivity contribution in [3.63, 3.8) is 0 Å². The third-order valence-corrected chi connectivity index (χ3v) is 4.50. The first kappa shape index (κ1) is 14.3. The Balaban J connectivity index is 2.14. The molecular formula is C15H17BrO3. The molecular weight excluding hydrogens is 308 g/mol. The smallest absolute Gasteiger partial charge is 0.310 e. The third kappa shape index (κ3) is 3.24. The summed E-state index contributed by atoms with van der Waals surface area (Å²) in [5, 5.41) is 9.03. The summed E-state index contributed by atoms with van der Waals surface area (Å²) < 4.78 is 0.811. The monoisotopic (exact) mass is 324 g/mol. The standard InChI is InChI=1S/C15H17BrO3/c1-9(15(18)19)12-6-5-10(8-13(12)16)7-11-3-2-4-14(11)17/h5-6,8-9,11H,2-4,7H2,1H3,(H,18,19)/t9-,11+/m1/s1. The number of hydrogen-bond donors (Lipinski definition) is 1. The lowest BCUT2D eigenvalue weighted by molar-refractivity contribution is -0.138.